The van der Waals surface area contributed by atoms with Crippen LogP contribution < -0.4 is 0 Å². The fraction of sp³-hybridized carbons (Fsp3) is 0.154. The molecule has 0 N–H and O–H groups in total. The smallest absolute Gasteiger partial charge is 0.266 e. The Hall–Kier alpha value is -1.94. The summed E-state index contributed by atoms with van der Waals surface area (Å²) in [6, 6.07) is 9.87. The summed E-state index contributed by atoms with van der Waals surface area (Å²) >= 11 is 5.91. The third-order valence-electron chi connectivity index (χ3n) is 2.66. The number of hydrogen-bond donors (Lipinski definition) is 0. The maximum Gasteiger partial charge on any atom is 0.266 e. The summed E-state index contributed by atoms with van der Waals surface area (Å²) in [6.45, 7) is 1.79. The minimum Gasteiger partial charge on any atom is -0.418 e. The zero-order valence-electron chi connectivity index (χ0n) is 9.67. The molecular weight excluding hydrogens is 250 g/mol. The van der Waals surface area contributed by atoms with Crippen LogP contribution in [0.25, 0.3) is 22.4 Å². The molecule has 90 valence electrons. The highest BCUT2D eigenvalue weighted by Gasteiger charge is 2.15. The zero-order valence-corrected chi connectivity index (χ0v) is 10.4. The summed E-state index contributed by atoms with van der Waals surface area (Å²) in [5, 5.41) is 9.67. The second-order valence-corrected chi connectivity index (χ2v) is 4.60. The maximum atomic E-state index is 5.91. The van der Waals surface area contributed by atoms with Crippen LogP contribution >= 0.6 is 11.6 Å². The van der Waals surface area contributed by atoms with E-state index in [0.717, 1.165) is 10.8 Å². The Labute approximate surface area is 109 Å². The monoisotopic (exact) mass is 259 g/mol. The number of benzene rings is 1. The predicted octanol–water partition coefficient (Wildman–Crippen LogP) is 3.58. The van der Waals surface area contributed by atoms with Gasteiger partial charge in [0.1, 0.15) is 11.1 Å². The molecule has 0 spiro atoms. The van der Waals surface area contributed by atoms with Gasteiger partial charge in [0, 0.05) is 11.6 Å². The Bertz CT molecular complexity index is 688. The Morgan fingerprint density at radius 2 is 2.00 bits per heavy atom. The van der Waals surface area contributed by atoms with Crippen LogP contribution in [0, 0.1) is 0 Å². The van der Waals surface area contributed by atoms with E-state index in [2.05, 4.69) is 15.2 Å². The van der Waals surface area contributed by atoms with Gasteiger partial charge in [0.05, 0.1) is 0 Å². The molecule has 2 aromatic heterocycles. The molecule has 0 aliphatic heterocycles. The molecule has 0 radical (unpaired) electrons. The van der Waals surface area contributed by atoms with Crippen LogP contribution in [0.2, 0.25) is 0 Å². The Balaban J connectivity index is 2.18. The maximum absolute atomic E-state index is 5.91. The molecule has 2 heterocycles. The van der Waals surface area contributed by atoms with Crippen molar-refractivity contribution in [2.24, 2.45) is 0 Å². The molecule has 1 unspecified atom stereocenters. The largest absolute Gasteiger partial charge is 0.418 e. The first-order valence-electron chi connectivity index (χ1n) is 5.57. The van der Waals surface area contributed by atoms with Crippen LogP contribution in [0.5, 0.6) is 0 Å². The second kappa shape index (κ2) is 4.38. The number of aromatic nitrogens is 3. The zero-order chi connectivity index (χ0) is 12.5. The van der Waals surface area contributed by atoms with Gasteiger partial charge in [-0.05, 0) is 18.4 Å². The van der Waals surface area contributed by atoms with Crippen molar-refractivity contribution in [3.05, 3.63) is 42.4 Å². The first kappa shape index (κ1) is 11.2. The Morgan fingerprint density at radius 1 is 1.17 bits per heavy atom. The van der Waals surface area contributed by atoms with Gasteiger partial charge < -0.3 is 4.42 Å². The summed E-state index contributed by atoms with van der Waals surface area (Å²) in [5.41, 5.74) is 0.684. The average molecular weight is 260 g/mol. The van der Waals surface area contributed by atoms with E-state index in [0.29, 0.717) is 17.5 Å². The third kappa shape index (κ3) is 1.84. The summed E-state index contributed by atoms with van der Waals surface area (Å²) in [6.07, 6.45) is 1.73. The fourth-order valence-corrected chi connectivity index (χ4v) is 1.87. The van der Waals surface area contributed by atoms with Gasteiger partial charge in [-0.1, -0.05) is 24.3 Å². The molecule has 0 amide bonds. The van der Waals surface area contributed by atoms with E-state index >= 15 is 0 Å². The number of nitrogens with zero attached hydrogens (tertiary/aromatic N) is 3. The second-order valence-electron chi connectivity index (χ2n) is 3.94. The number of alkyl halides is 1. The quantitative estimate of drug-likeness (QED) is 0.660. The van der Waals surface area contributed by atoms with Crippen molar-refractivity contribution >= 4 is 22.4 Å². The Kier molecular flexibility index (Phi) is 2.72. The van der Waals surface area contributed by atoms with Crippen LogP contribution in [0.15, 0.2) is 40.9 Å². The minimum absolute atomic E-state index is 0.304. The van der Waals surface area contributed by atoms with Crippen molar-refractivity contribution in [1.82, 2.24) is 15.2 Å². The molecule has 0 aliphatic carbocycles. The predicted molar refractivity (Wildman–Crippen MR) is 69.3 cm³/mol. The van der Waals surface area contributed by atoms with Crippen molar-refractivity contribution < 1.29 is 4.42 Å². The molecule has 3 aromatic rings. The molecule has 3 rings (SSSR count). The lowest BCUT2D eigenvalue weighted by atomic mass is 10.1. The van der Waals surface area contributed by atoms with E-state index in [1.807, 2.05) is 30.3 Å². The van der Waals surface area contributed by atoms with Crippen molar-refractivity contribution in [3.8, 4) is 11.6 Å². The van der Waals surface area contributed by atoms with E-state index in [9.17, 15) is 0 Å². The lowest BCUT2D eigenvalue weighted by molar-refractivity contribution is 0.506. The Morgan fingerprint density at radius 3 is 2.78 bits per heavy atom. The highest BCUT2D eigenvalue weighted by molar-refractivity contribution is 6.20. The number of fused-ring (bicyclic) bond motifs is 1. The van der Waals surface area contributed by atoms with Crippen LogP contribution in [-0.2, 0) is 0 Å². The van der Waals surface area contributed by atoms with Crippen molar-refractivity contribution in [1.29, 1.82) is 0 Å². The van der Waals surface area contributed by atoms with E-state index in [1.54, 1.807) is 13.1 Å². The summed E-state index contributed by atoms with van der Waals surface area (Å²) in [7, 11) is 0. The molecule has 5 heteroatoms. The lowest BCUT2D eigenvalue weighted by Crippen LogP contribution is -1.85. The first-order valence-corrected chi connectivity index (χ1v) is 6.01. The van der Waals surface area contributed by atoms with Gasteiger partial charge in [-0.25, -0.2) is 0 Å². The number of halogens is 1. The van der Waals surface area contributed by atoms with Crippen LogP contribution in [0.1, 0.15) is 18.2 Å². The number of rotatable bonds is 2. The molecule has 0 fully saturated rings. The molecule has 1 atom stereocenters. The number of pyridine rings is 1. The van der Waals surface area contributed by atoms with Gasteiger partial charge in [-0.15, -0.1) is 21.8 Å². The van der Waals surface area contributed by atoms with E-state index in [-0.39, 0.29) is 5.38 Å². The van der Waals surface area contributed by atoms with Crippen molar-refractivity contribution in [3.63, 3.8) is 0 Å². The van der Waals surface area contributed by atoms with Crippen LogP contribution in [-0.4, -0.2) is 15.2 Å². The first-order chi connectivity index (χ1) is 8.75. The van der Waals surface area contributed by atoms with Gasteiger partial charge in [0.15, 0.2) is 0 Å². The summed E-state index contributed by atoms with van der Waals surface area (Å²) < 4.78 is 5.52. The van der Waals surface area contributed by atoms with Crippen molar-refractivity contribution in [2.75, 3.05) is 0 Å². The molecule has 1 aromatic carbocycles. The highest BCUT2D eigenvalue weighted by atomic mass is 35.5. The molecule has 0 aliphatic rings. The standard InChI is InChI=1S/C13H10ClN3O/c1-8(14)12-16-17-13(18-12)11-10-5-3-2-4-9(10)6-7-15-11/h2-8H,1H3. The van der Waals surface area contributed by atoms with Gasteiger partial charge in [0.25, 0.3) is 5.89 Å². The normalized spacial score (nSPS) is 12.8. The highest BCUT2D eigenvalue weighted by Crippen LogP contribution is 2.27. The van der Waals surface area contributed by atoms with E-state index in [4.69, 9.17) is 16.0 Å². The lowest BCUT2D eigenvalue weighted by Gasteiger charge is -2.00. The third-order valence-corrected chi connectivity index (χ3v) is 2.84. The van der Waals surface area contributed by atoms with Gasteiger partial charge in [-0.3, -0.25) is 4.98 Å². The summed E-state index contributed by atoms with van der Waals surface area (Å²) in [5.74, 6) is 0.802. The summed E-state index contributed by atoms with van der Waals surface area (Å²) in [4.78, 5) is 4.31. The minimum atomic E-state index is -0.304. The van der Waals surface area contributed by atoms with Crippen molar-refractivity contribution in [2.45, 2.75) is 12.3 Å². The van der Waals surface area contributed by atoms with E-state index < -0.39 is 0 Å². The molecular formula is C13H10ClN3O. The van der Waals surface area contributed by atoms with E-state index in [1.165, 1.54) is 0 Å². The van der Waals surface area contributed by atoms with Gasteiger partial charge >= 0.3 is 0 Å². The van der Waals surface area contributed by atoms with Crippen LogP contribution in [0.4, 0.5) is 0 Å². The molecule has 0 saturated heterocycles. The van der Waals surface area contributed by atoms with Gasteiger partial charge in [-0.2, -0.15) is 0 Å². The topological polar surface area (TPSA) is 51.8 Å². The van der Waals surface area contributed by atoms with Crippen LogP contribution in [0.3, 0.4) is 0 Å². The SMILES string of the molecule is CC(Cl)c1nnc(-c2nccc3ccccc23)o1. The average Bonchev–Trinajstić information content (AvgIpc) is 2.87. The molecule has 18 heavy (non-hydrogen) atoms. The molecule has 0 saturated carbocycles. The number of hydrogen-bond acceptors (Lipinski definition) is 4. The fourth-order valence-electron chi connectivity index (χ4n) is 1.78. The molecule has 0 bridgehead atoms. The molecule has 4 nitrogen and oxygen atoms in total. The van der Waals surface area contributed by atoms with Gasteiger partial charge in [0.2, 0.25) is 5.89 Å².